The summed E-state index contributed by atoms with van der Waals surface area (Å²) in [5.74, 6) is 0.0280. The molecular formula is C9H15N5O. The van der Waals surface area contributed by atoms with Crippen LogP contribution in [-0.4, -0.2) is 27.1 Å². The molecule has 0 aromatic carbocycles. The van der Waals surface area contributed by atoms with E-state index in [0.29, 0.717) is 0 Å². The predicted molar refractivity (Wildman–Crippen MR) is 55.9 cm³/mol. The molecule has 1 rings (SSSR count). The molecule has 0 saturated heterocycles. The molecule has 3 N–H and O–H groups in total. The van der Waals surface area contributed by atoms with Crippen molar-refractivity contribution in [3.63, 3.8) is 0 Å². The molecule has 0 aliphatic heterocycles. The Morgan fingerprint density at radius 1 is 1.60 bits per heavy atom. The summed E-state index contributed by atoms with van der Waals surface area (Å²) in [6, 6.07) is -0.543. The van der Waals surface area contributed by atoms with Crippen LogP contribution in [0.2, 0.25) is 0 Å². The number of rotatable bonds is 4. The second kappa shape index (κ2) is 5.35. The number of nitrogens with zero attached hydrogens (tertiary/aromatic N) is 3. The minimum atomic E-state index is -0.543. The maximum Gasteiger partial charge on any atom is 0.249 e. The molecule has 1 amide bonds. The number of aromatic nitrogens is 3. The van der Waals surface area contributed by atoms with Crippen molar-refractivity contribution in [2.75, 3.05) is 5.32 Å². The molecule has 6 heteroatoms. The van der Waals surface area contributed by atoms with Crippen LogP contribution in [0.15, 0.2) is 12.4 Å². The number of carbonyl (C=O) groups is 1. The Balaban J connectivity index is 2.56. The zero-order chi connectivity index (χ0) is 11.3. The first kappa shape index (κ1) is 11.5. The number of nitrogens with two attached hydrogens (primary N) is 1. The van der Waals surface area contributed by atoms with E-state index in [2.05, 4.69) is 20.5 Å². The average molecular weight is 209 g/mol. The van der Waals surface area contributed by atoms with Gasteiger partial charge < -0.3 is 5.73 Å². The standard InChI is InChI=1S/C9H15N5O/c1-3-6(2)7(10)8(15)13-9-11-4-5-12-14-9/h4-7H,3,10H2,1-2H3,(H,11,13,14,15). The number of nitrogens with one attached hydrogen (secondary N) is 1. The fourth-order valence-electron chi connectivity index (χ4n) is 1.01. The highest BCUT2D eigenvalue weighted by atomic mass is 16.2. The summed E-state index contributed by atoms with van der Waals surface area (Å²) in [6.07, 6.45) is 3.74. The number of carbonyl (C=O) groups excluding carboxylic acids is 1. The van der Waals surface area contributed by atoms with Crippen LogP contribution in [0.4, 0.5) is 5.95 Å². The van der Waals surface area contributed by atoms with Crippen LogP contribution in [0.1, 0.15) is 20.3 Å². The van der Waals surface area contributed by atoms with Crippen LogP contribution in [0.5, 0.6) is 0 Å². The van der Waals surface area contributed by atoms with Gasteiger partial charge in [-0.1, -0.05) is 20.3 Å². The molecule has 0 aliphatic rings. The Labute approximate surface area is 88.3 Å². The van der Waals surface area contributed by atoms with Gasteiger partial charge in [0.05, 0.1) is 18.4 Å². The lowest BCUT2D eigenvalue weighted by atomic mass is 10.00. The molecule has 82 valence electrons. The van der Waals surface area contributed by atoms with Gasteiger partial charge in [0.1, 0.15) is 0 Å². The van der Waals surface area contributed by atoms with Gasteiger partial charge in [0.15, 0.2) is 0 Å². The number of hydrogen-bond donors (Lipinski definition) is 2. The van der Waals surface area contributed by atoms with Crippen molar-refractivity contribution in [2.24, 2.45) is 11.7 Å². The summed E-state index contributed by atoms with van der Waals surface area (Å²) >= 11 is 0. The monoisotopic (exact) mass is 209 g/mol. The third-order valence-electron chi connectivity index (χ3n) is 2.28. The molecule has 6 nitrogen and oxygen atoms in total. The van der Waals surface area contributed by atoms with Gasteiger partial charge in [0.2, 0.25) is 11.9 Å². The van der Waals surface area contributed by atoms with E-state index in [1.165, 1.54) is 12.4 Å². The summed E-state index contributed by atoms with van der Waals surface area (Å²) in [6.45, 7) is 3.91. The zero-order valence-corrected chi connectivity index (χ0v) is 8.84. The van der Waals surface area contributed by atoms with E-state index < -0.39 is 6.04 Å². The fourth-order valence-corrected chi connectivity index (χ4v) is 1.01. The largest absolute Gasteiger partial charge is 0.320 e. The highest BCUT2D eigenvalue weighted by Gasteiger charge is 2.19. The van der Waals surface area contributed by atoms with Gasteiger partial charge in [0.25, 0.3) is 0 Å². The van der Waals surface area contributed by atoms with Crippen LogP contribution in [0.25, 0.3) is 0 Å². The lowest BCUT2D eigenvalue weighted by Gasteiger charge is -2.16. The van der Waals surface area contributed by atoms with Crippen molar-refractivity contribution >= 4 is 11.9 Å². The molecule has 0 fully saturated rings. The van der Waals surface area contributed by atoms with E-state index in [0.717, 1.165) is 6.42 Å². The first-order chi connectivity index (χ1) is 7.15. The van der Waals surface area contributed by atoms with Crippen molar-refractivity contribution in [3.8, 4) is 0 Å². The molecule has 1 aromatic rings. The Bertz CT molecular complexity index is 316. The van der Waals surface area contributed by atoms with Crippen LogP contribution >= 0.6 is 0 Å². The lowest BCUT2D eigenvalue weighted by Crippen LogP contribution is -2.41. The molecule has 15 heavy (non-hydrogen) atoms. The lowest BCUT2D eigenvalue weighted by molar-refractivity contribution is -0.118. The third-order valence-corrected chi connectivity index (χ3v) is 2.28. The molecule has 0 bridgehead atoms. The van der Waals surface area contributed by atoms with Crippen molar-refractivity contribution in [1.29, 1.82) is 0 Å². The van der Waals surface area contributed by atoms with Crippen molar-refractivity contribution < 1.29 is 4.79 Å². The van der Waals surface area contributed by atoms with E-state index in [-0.39, 0.29) is 17.8 Å². The zero-order valence-electron chi connectivity index (χ0n) is 8.84. The molecule has 0 radical (unpaired) electrons. The molecule has 0 aliphatic carbocycles. The highest BCUT2D eigenvalue weighted by Crippen LogP contribution is 2.06. The van der Waals surface area contributed by atoms with E-state index >= 15 is 0 Å². The maximum atomic E-state index is 11.6. The van der Waals surface area contributed by atoms with Gasteiger partial charge in [-0.2, -0.15) is 5.10 Å². The van der Waals surface area contributed by atoms with Crippen LogP contribution in [-0.2, 0) is 4.79 Å². The minimum Gasteiger partial charge on any atom is -0.320 e. The SMILES string of the molecule is CCC(C)C(N)C(=O)Nc1nccnn1. The van der Waals surface area contributed by atoms with Gasteiger partial charge in [-0.05, 0) is 5.92 Å². The summed E-state index contributed by atoms with van der Waals surface area (Å²) in [7, 11) is 0. The van der Waals surface area contributed by atoms with Gasteiger partial charge in [-0.25, -0.2) is 4.98 Å². The molecular weight excluding hydrogens is 194 g/mol. The maximum absolute atomic E-state index is 11.6. The Morgan fingerprint density at radius 2 is 2.33 bits per heavy atom. The quantitative estimate of drug-likeness (QED) is 0.738. The van der Waals surface area contributed by atoms with Gasteiger partial charge in [-0.3, -0.25) is 10.1 Å². The van der Waals surface area contributed by atoms with Crippen molar-refractivity contribution in [1.82, 2.24) is 15.2 Å². The van der Waals surface area contributed by atoms with Gasteiger partial charge in [-0.15, -0.1) is 5.10 Å². The molecule has 1 aromatic heterocycles. The van der Waals surface area contributed by atoms with E-state index in [4.69, 9.17) is 5.73 Å². The molecule has 0 spiro atoms. The number of anilines is 1. The highest BCUT2D eigenvalue weighted by molar-refractivity contribution is 5.93. The van der Waals surface area contributed by atoms with E-state index in [9.17, 15) is 4.79 Å². The summed E-state index contributed by atoms with van der Waals surface area (Å²) in [5, 5.41) is 9.74. The molecule has 0 saturated carbocycles. The Hall–Kier alpha value is -1.56. The normalized spacial score (nSPS) is 14.3. The van der Waals surface area contributed by atoms with Crippen LogP contribution < -0.4 is 11.1 Å². The number of amides is 1. The third kappa shape index (κ3) is 3.25. The topological polar surface area (TPSA) is 93.8 Å². The number of hydrogen-bond acceptors (Lipinski definition) is 5. The summed E-state index contributed by atoms with van der Waals surface area (Å²) in [4.78, 5) is 15.4. The second-order valence-electron chi connectivity index (χ2n) is 3.37. The predicted octanol–water partition coefficient (Wildman–Crippen LogP) is 0.183. The van der Waals surface area contributed by atoms with Crippen LogP contribution in [0.3, 0.4) is 0 Å². The molecule has 2 atom stereocenters. The van der Waals surface area contributed by atoms with E-state index in [1.807, 2.05) is 13.8 Å². The first-order valence-corrected chi connectivity index (χ1v) is 4.85. The van der Waals surface area contributed by atoms with Crippen molar-refractivity contribution in [2.45, 2.75) is 26.3 Å². The van der Waals surface area contributed by atoms with Crippen LogP contribution in [0, 0.1) is 5.92 Å². The van der Waals surface area contributed by atoms with Gasteiger partial charge >= 0.3 is 0 Å². The van der Waals surface area contributed by atoms with Crippen molar-refractivity contribution in [3.05, 3.63) is 12.4 Å². The second-order valence-corrected chi connectivity index (χ2v) is 3.37. The minimum absolute atomic E-state index is 0.127. The molecule has 2 unspecified atom stereocenters. The summed E-state index contributed by atoms with van der Waals surface area (Å²) in [5.41, 5.74) is 5.73. The fraction of sp³-hybridized carbons (Fsp3) is 0.556. The Morgan fingerprint density at radius 3 is 2.87 bits per heavy atom. The average Bonchev–Trinajstić information content (AvgIpc) is 2.28. The smallest absolute Gasteiger partial charge is 0.249 e. The van der Waals surface area contributed by atoms with Gasteiger partial charge in [0, 0.05) is 0 Å². The summed E-state index contributed by atoms with van der Waals surface area (Å²) < 4.78 is 0. The Kier molecular flexibility index (Phi) is 4.11. The first-order valence-electron chi connectivity index (χ1n) is 4.85. The molecule has 1 heterocycles. The van der Waals surface area contributed by atoms with E-state index in [1.54, 1.807) is 0 Å².